The number of fused-ring (bicyclic) bond motifs is 1. The Hall–Kier alpha value is -2.39. The number of hydrogen-bond donors (Lipinski definition) is 1. The second kappa shape index (κ2) is 7.45. The number of nitrogens with one attached hydrogen (secondary N) is 1. The van der Waals surface area contributed by atoms with Crippen LogP contribution in [-0.4, -0.2) is 24.7 Å². The molecule has 126 valence electrons. The highest BCUT2D eigenvalue weighted by Crippen LogP contribution is 2.28. The molecule has 0 saturated heterocycles. The van der Waals surface area contributed by atoms with Gasteiger partial charge in [0.15, 0.2) is 0 Å². The topological polar surface area (TPSA) is 83.2 Å². The fourth-order valence-electron chi connectivity index (χ4n) is 2.53. The number of nitrogens with zero attached hydrogens (tertiary/aromatic N) is 5. The molecule has 3 rings (SSSR count). The van der Waals surface area contributed by atoms with Crippen molar-refractivity contribution in [1.82, 2.24) is 24.7 Å². The Kier molecular flexibility index (Phi) is 5.58. The van der Waals surface area contributed by atoms with Crippen molar-refractivity contribution in [2.75, 3.05) is 0 Å². The molecule has 24 heavy (non-hydrogen) atoms. The number of aryl methyl sites for hydroxylation is 1. The van der Waals surface area contributed by atoms with Gasteiger partial charge in [-0.25, -0.2) is 9.97 Å². The Morgan fingerprint density at radius 2 is 2.04 bits per heavy atom. The molecule has 1 N–H and O–H groups in total. The van der Waals surface area contributed by atoms with Gasteiger partial charge in [0.1, 0.15) is 17.5 Å². The van der Waals surface area contributed by atoms with Crippen molar-refractivity contribution in [2.45, 2.75) is 47.1 Å². The molecule has 3 aromatic rings. The lowest BCUT2D eigenvalue weighted by Crippen LogP contribution is -2.04. The van der Waals surface area contributed by atoms with Crippen molar-refractivity contribution >= 4 is 22.6 Å². The summed E-state index contributed by atoms with van der Waals surface area (Å²) in [5.74, 6) is 0.902. The standard InChI is InChI=1S/C15H15ClN6.C2H6/c1-8(2)14-13-10(4-17)6-22(15(13)20-9(3)19-14)7-12-11(16)5-18-21-12;1-2/h5-6,8H,7H2,1-3H3,(H,18,21);1-2H3. The van der Waals surface area contributed by atoms with Gasteiger partial charge in [0.25, 0.3) is 0 Å². The minimum absolute atomic E-state index is 0.211. The SMILES string of the molecule is CC.Cc1nc(C(C)C)c2c(C#N)cn(Cc3[nH]ncc3Cl)c2n1. The molecule has 0 aliphatic carbocycles. The summed E-state index contributed by atoms with van der Waals surface area (Å²) in [6, 6.07) is 2.24. The van der Waals surface area contributed by atoms with E-state index in [-0.39, 0.29) is 5.92 Å². The molecule has 0 unspecified atom stereocenters. The van der Waals surface area contributed by atoms with E-state index in [0.29, 0.717) is 23.0 Å². The van der Waals surface area contributed by atoms with E-state index < -0.39 is 0 Å². The maximum atomic E-state index is 9.44. The largest absolute Gasteiger partial charge is 0.325 e. The molecule has 0 aliphatic heterocycles. The molecule has 0 amide bonds. The van der Waals surface area contributed by atoms with Gasteiger partial charge in [-0.2, -0.15) is 10.4 Å². The van der Waals surface area contributed by atoms with Gasteiger partial charge >= 0.3 is 0 Å². The first kappa shape index (κ1) is 18.0. The van der Waals surface area contributed by atoms with Gasteiger partial charge in [-0.3, -0.25) is 5.10 Å². The molecule has 0 radical (unpaired) electrons. The molecule has 0 fully saturated rings. The number of aromatic nitrogens is 5. The molecule has 0 bridgehead atoms. The zero-order valence-electron chi connectivity index (χ0n) is 14.6. The summed E-state index contributed by atoms with van der Waals surface area (Å²) >= 11 is 6.09. The molecular weight excluding hydrogens is 324 g/mol. The van der Waals surface area contributed by atoms with E-state index in [1.165, 1.54) is 0 Å². The summed E-state index contributed by atoms with van der Waals surface area (Å²) in [7, 11) is 0. The van der Waals surface area contributed by atoms with Crippen LogP contribution in [0.3, 0.4) is 0 Å². The first-order valence-electron chi connectivity index (χ1n) is 7.96. The zero-order chi connectivity index (χ0) is 17.9. The highest BCUT2D eigenvalue weighted by Gasteiger charge is 2.18. The average molecular weight is 345 g/mol. The van der Waals surface area contributed by atoms with E-state index in [1.54, 1.807) is 12.4 Å². The smallest absolute Gasteiger partial charge is 0.145 e. The second-order valence-corrected chi connectivity index (χ2v) is 5.90. The van der Waals surface area contributed by atoms with Gasteiger partial charge in [0, 0.05) is 6.20 Å². The molecule has 3 aromatic heterocycles. The van der Waals surface area contributed by atoms with Crippen molar-refractivity contribution in [2.24, 2.45) is 0 Å². The molecule has 0 saturated carbocycles. The van der Waals surface area contributed by atoms with Crippen LogP contribution < -0.4 is 0 Å². The van der Waals surface area contributed by atoms with Crippen molar-refractivity contribution in [3.63, 3.8) is 0 Å². The fourth-order valence-corrected chi connectivity index (χ4v) is 2.68. The molecule has 0 aliphatic rings. The van der Waals surface area contributed by atoms with Crippen molar-refractivity contribution in [3.05, 3.63) is 40.2 Å². The average Bonchev–Trinajstić information content (AvgIpc) is 3.13. The second-order valence-electron chi connectivity index (χ2n) is 5.49. The maximum absolute atomic E-state index is 9.44. The van der Waals surface area contributed by atoms with Gasteiger partial charge in [-0.15, -0.1) is 0 Å². The van der Waals surface area contributed by atoms with E-state index in [1.807, 2.05) is 25.3 Å². The lowest BCUT2D eigenvalue weighted by Gasteiger charge is -2.09. The maximum Gasteiger partial charge on any atom is 0.145 e. The Labute approximate surface area is 146 Å². The lowest BCUT2D eigenvalue weighted by atomic mass is 10.0. The number of H-pyrrole nitrogens is 1. The van der Waals surface area contributed by atoms with Crippen molar-refractivity contribution < 1.29 is 0 Å². The Morgan fingerprint density at radius 1 is 1.33 bits per heavy atom. The number of nitriles is 1. The Balaban J connectivity index is 0.00000100. The number of aromatic amines is 1. The van der Waals surface area contributed by atoms with Crippen LogP contribution in [0.5, 0.6) is 0 Å². The fraction of sp³-hybridized carbons (Fsp3) is 0.412. The van der Waals surface area contributed by atoms with Crippen molar-refractivity contribution in [1.29, 1.82) is 5.26 Å². The third-order valence-corrected chi connectivity index (χ3v) is 3.84. The van der Waals surface area contributed by atoms with Crippen molar-refractivity contribution in [3.8, 4) is 6.07 Å². The number of halogens is 1. The van der Waals surface area contributed by atoms with Gasteiger partial charge in [-0.05, 0) is 12.8 Å². The minimum Gasteiger partial charge on any atom is -0.325 e. The monoisotopic (exact) mass is 344 g/mol. The first-order chi connectivity index (χ1) is 11.5. The van der Waals surface area contributed by atoms with E-state index >= 15 is 0 Å². The summed E-state index contributed by atoms with van der Waals surface area (Å²) in [6.45, 7) is 10.5. The number of rotatable bonds is 3. The van der Waals surface area contributed by atoms with E-state index in [4.69, 9.17) is 11.6 Å². The van der Waals surface area contributed by atoms with Gasteiger partial charge in [0.05, 0.1) is 40.1 Å². The van der Waals surface area contributed by atoms with Crippen LogP contribution in [0, 0.1) is 18.3 Å². The lowest BCUT2D eigenvalue weighted by molar-refractivity contribution is 0.778. The predicted octanol–water partition coefficient (Wildman–Crippen LogP) is 4.19. The van der Waals surface area contributed by atoms with Crippen LogP contribution in [0.1, 0.15) is 56.4 Å². The third kappa shape index (κ3) is 3.26. The Bertz CT molecular complexity index is 884. The van der Waals surface area contributed by atoms with Crippen LogP contribution in [0.4, 0.5) is 0 Å². The van der Waals surface area contributed by atoms with Crippen LogP contribution in [0.15, 0.2) is 12.4 Å². The summed E-state index contributed by atoms with van der Waals surface area (Å²) in [5, 5.41) is 17.6. The van der Waals surface area contributed by atoms with E-state index in [2.05, 4.69) is 40.1 Å². The zero-order valence-corrected chi connectivity index (χ0v) is 15.3. The summed E-state index contributed by atoms with van der Waals surface area (Å²) < 4.78 is 1.91. The summed E-state index contributed by atoms with van der Waals surface area (Å²) in [5.41, 5.74) is 3.01. The van der Waals surface area contributed by atoms with Crippen LogP contribution in [0.25, 0.3) is 11.0 Å². The molecule has 0 atom stereocenters. The first-order valence-corrected chi connectivity index (χ1v) is 8.34. The summed E-state index contributed by atoms with van der Waals surface area (Å²) in [4.78, 5) is 9.04. The quantitative estimate of drug-likeness (QED) is 0.772. The van der Waals surface area contributed by atoms with Gasteiger partial charge in [0.2, 0.25) is 0 Å². The van der Waals surface area contributed by atoms with E-state index in [0.717, 1.165) is 22.4 Å². The molecule has 3 heterocycles. The van der Waals surface area contributed by atoms with Gasteiger partial charge < -0.3 is 4.57 Å². The van der Waals surface area contributed by atoms with Crippen LogP contribution in [-0.2, 0) is 6.54 Å². The molecule has 0 aromatic carbocycles. The van der Waals surface area contributed by atoms with E-state index in [9.17, 15) is 5.26 Å². The number of hydrogen-bond acceptors (Lipinski definition) is 4. The third-order valence-electron chi connectivity index (χ3n) is 3.52. The van der Waals surface area contributed by atoms with Gasteiger partial charge in [-0.1, -0.05) is 39.3 Å². The highest BCUT2D eigenvalue weighted by molar-refractivity contribution is 6.31. The predicted molar refractivity (Wildman–Crippen MR) is 95.1 cm³/mol. The normalized spacial score (nSPS) is 10.6. The summed E-state index contributed by atoms with van der Waals surface area (Å²) in [6.07, 6.45) is 3.36. The highest BCUT2D eigenvalue weighted by atomic mass is 35.5. The molecule has 6 nitrogen and oxygen atoms in total. The molecular formula is C17H21ClN6. The van der Waals surface area contributed by atoms with Crippen LogP contribution in [0.2, 0.25) is 5.02 Å². The molecule has 7 heteroatoms. The van der Waals surface area contributed by atoms with Crippen LogP contribution >= 0.6 is 11.6 Å². The minimum atomic E-state index is 0.211. The Morgan fingerprint density at radius 3 is 2.58 bits per heavy atom. The molecule has 0 spiro atoms.